The van der Waals surface area contributed by atoms with Gasteiger partial charge in [-0.25, -0.2) is 4.39 Å². The third-order valence-corrected chi connectivity index (χ3v) is 3.67. The summed E-state index contributed by atoms with van der Waals surface area (Å²) < 4.78 is 13.2. The molecule has 0 saturated carbocycles. The standard InChI is InChI=1S/C13H21FN2S/c1-10(9-17-4)16(3)13-6-5-12(14)7-11(13)8-15-2/h5-7,10,15H,8-9H2,1-4H3. The molecule has 0 fully saturated rings. The number of thioether (sulfide) groups is 1. The van der Waals surface area contributed by atoms with Gasteiger partial charge in [-0.15, -0.1) is 0 Å². The van der Waals surface area contributed by atoms with E-state index in [-0.39, 0.29) is 5.82 Å². The summed E-state index contributed by atoms with van der Waals surface area (Å²) in [6.45, 7) is 2.87. The molecule has 1 atom stereocenters. The second kappa shape index (κ2) is 6.87. The van der Waals surface area contributed by atoms with Crippen molar-refractivity contribution >= 4 is 17.4 Å². The zero-order chi connectivity index (χ0) is 12.8. The van der Waals surface area contributed by atoms with Crippen molar-refractivity contribution < 1.29 is 4.39 Å². The van der Waals surface area contributed by atoms with Crippen molar-refractivity contribution in [2.24, 2.45) is 0 Å². The van der Waals surface area contributed by atoms with Gasteiger partial charge in [-0.1, -0.05) is 0 Å². The Morgan fingerprint density at radius 2 is 2.18 bits per heavy atom. The second-order valence-electron chi connectivity index (χ2n) is 4.22. The van der Waals surface area contributed by atoms with Crippen molar-refractivity contribution in [2.45, 2.75) is 19.5 Å². The van der Waals surface area contributed by atoms with Gasteiger partial charge in [0, 0.05) is 31.1 Å². The number of nitrogens with one attached hydrogen (secondary N) is 1. The number of anilines is 1. The van der Waals surface area contributed by atoms with Crippen LogP contribution in [0, 0.1) is 5.82 Å². The Labute approximate surface area is 108 Å². The van der Waals surface area contributed by atoms with Crippen LogP contribution in [0.3, 0.4) is 0 Å². The molecular weight excluding hydrogens is 235 g/mol. The minimum absolute atomic E-state index is 0.176. The summed E-state index contributed by atoms with van der Waals surface area (Å²) in [5, 5.41) is 3.08. The van der Waals surface area contributed by atoms with Gasteiger partial charge in [-0.3, -0.25) is 0 Å². The molecule has 1 rings (SSSR count). The lowest BCUT2D eigenvalue weighted by atomic mass is 10.1. The Balaban J connectivity index is 2.94. The lowest BCUT2D eigenvalue weighted by Gasteiger charge is -2.28. The summed E-state index contributed by atoms with van der Waals surface area (Å²) in [4.78, 5) is 2.21. The maximum atomic E-state index is 13.2. The Morgan fingerprint density at radius 1 is 1.47 bits per heavy atom. The van der Waals surface area contributed by atoms with E-state index < -0.39 is 0 Å². The lowest BCUT2D eigenvalue weighted by Crippen LogP contribution is -2.32. The summed E-state index contributed by atoms with van der Waals surface area (Å²) in [5.41, 5.74) is 2.10. The molecule has 0 saturated heterocycles. The van der Waals surface area contributed by atoms with E-state index in [0.29, 0.717) is 12.6 Å². The molecule has 0 spiro atoms. The molecule has 0 heterocycles. The highest BCUT2D eigenvalue weighted by atomic mass is 32.2. The maximum absolute atomic E-state index is 13.2. The van der Waals surface area contributed by atoms with Crippen LogP contribution in [0.15, 0.2) is 18.2 Å². The van der Waals surface area contributed by atoms with E-state index >= 15 is 0 Å². The summed E-state index contributed by atoms with van der Waals surface area (Å²) in [7, 11) is 3.94. The highest BCUT2D eigenvalue weighted by molar-refractivity contribution is 7.98. The number of hydrogen-bond acceptors (Lipinski definition) is 3. The number of benzene rings is 1. The molecule has 1 unspecified atom stereocenters. The van der Waals surface area contributed by atoms with Gasteiger partial charge in [-0.05, 0) is 44.0 Å². The number of hydrogen-bond donors (Lipinski definition) is 1. The average Bonchev–Trinajstić information content (AvgIpc) is 2.29. The van der Waals surface area contributed by atoms with Crippen molar-refractivity contribution in [2.75, 3.05) is 31.0 Å². The third kappa shape index (κ3) is 3.89. The van der Waals surface area contributed by atoms with Crippen LogP contribution in [-0.2, 0) is 6.54 Å². The summed E-state index contributed by atoms with van der Waals surface area (Å²) in [6, 6.07) is 5.43. The van der Waals surface area contributed by atoms with E-state index in [1.54, 1.807) is 6.07 Å². The van der Waals surface area contributed by atoms with Crippen LogP contribution in [0.25, 0.3) is 0 Å². The van der Waals surface area contributed by atoms with Gasteiger partial charge < -0.3 is 10.2 Å². The first kappa shape index (κ1) is 14.3. The highest BCUT2D eigenvalue weighted by Crippen LogP contribution is 2.23. The molecule has 4 heteroatoms. The molecule has 96 valence electrons. The Morgan fingerprint density at radius 3 is 2.76 bits per heavy atom. The SMILES string of the molecule is CNCc1cc(F)ccc1N(C)C(C)CSC. The zero-order valence-electron chi connectivity index (χ0n) is 11.0. The molecule has 0 amide bonds. The van der Waals surface area contributed by atoms with Crippen LogP contribution in [0.5, 0.6) is 0 Å². The number of rotatable bonds is 6. The highest BCUT2D eigenvalue weighted by Gasteiger charge is 2.13. The summed E-state index contributed by atoms with van der Waals surface area (Å²) in [6.07, 6.45) is 2.10. The van der Waals surface area contributed by atoms with Gasteiger partial charge in [0.1, 0.15) is 5.82 Å². The van der Waals surface area contributed by atoms with Crippen molar-refractivity contribution in [1.29, 1.82) is 0 Å². The van der Waals surface area contributed by atoms with Crippen molar-refractivity contribution in [1.82, 2.24) is 5.32 Å². The largest absolute Gasteiger partial charge is 0.371 e. The fraction of sp³-hybridized carbons (Fsp3) is 0.538. The van der Waals surface area contributed by atoms with Crippen molar-refractivity contribution in [3.05, 3.63) is 29.6 Å². The van der Waals surface area contributed by atoms with E-state index in [0.717, 1.165) is 17.0 Å². The van der Waals surface area contributed by atoms with E-state index in [1.165, 1.54) is 6.07 Å². The smallest absolute Gasteiger partial charge is 0.123 e. The van der Waals surface area contributed by atoms with Gasteiger partial charge in [0.25, 0.3) is 0 Å². The normalized spacial score (nSPS) is 12.5. The minimum Gasteiger partial charge on any atom is -0.371 e. The molecule has 0 radical (unpaired) electrons. The first-order valence-corrected chi connectivity index (χ1v) is 7.14. The fourth-order valence-electron chi connectivity index (χ4n) is 1.82. The monoisotopic (exact) mass is 256 g/mol. The molecular formula is C13H21FN2S. The fourth-order valence-corrected chi connectivity index (χ4v) is 2.53. The predicted octanol–water partition coefficient (Wildman–Crippen LogP) is 2.73. The van der Waals surface area contributed by atoms with E-state index in [4.69, 9.17) is 0 Å². The lowest BCUT2D eigenvalue weighted by molar-refractivity contribution is 0.622. The predicted molar refractivity (Wildman–Crippen MR) is 75.4 cm³/mol. The minimum atomic E-state index is -0.176. The second-order valence-corrected chi connectivity index (χ2v) is 5.13. The molecule has 0 aromatic heterocycles. The quantitative estimate of drug-likeness (QED) is 0.842. The maximum Gasteiger partial charge on any atom is 0.123 e. The topological polar surface area (TPSA) is 15.3 Å². The zero-order valence-corrected chi connectivity index (χ0v) is 11.8. The van der Waals surface area contributed by atoms with E-state index in [9.17, 15) is 4.39 Å². The Bertz CT molecular complexity index is 357. The Hall–Kier alpha value is -0.740. The van der Waals surface area contributed by atoms with Crippen LogP contribution < -0.4 is 10.2 Å². The van der Waals surface area contributed by atoms with E-state index in [1.807, 2.05) is 24.9 Å². The van der Waals surface area contributed by atoms with Crippen LogP contribution >= 0.6 is 11.8 Å². The molecule has 0 bridgehead atoms. The molecule has 2 nitrogen and oxygen atoms in total. The molecule has 1 aromatic carbocycles. The van der Waals surface area contributed by atoms with Crippen LogP contribution in [0.4, 0.5) is 10.1 Å². The third-order valence-electron chi connectivity index (χ3n) is 2.86. The van der Waals surface area contributed by atoms with Gasteiger partial charge >= 0.3 is 0 Å². The number of halogens is 1. The van der Waals surface area contributed by atoms with Crippen LogP contribution in [0.2, 0.25) is 0 Å². The van der Waals surface area contributed by atoms with Gasteiger partial charge in [0.2, 0.25) is 0 Å². The summed E-state index contributed by atoms with van der Waals surface area (Å²) >= 11 is 1.82. The molecule has 17 heavy (non-hydrogen) atoms. The van der Waals surface area contributed by atoms with Gasteiger partial charge in [0.15, 0.2) is 0 Å². The molecule has 0 aliphatic heterocycles. The van der Waals surface area contributed by atoms with E-state index in [2.05, 4.69) is 30.4 Å². The first-order chi connectivity index (χ1) is 8.10. The van der Waals surface area contributed by atoms with Gasteiger partial charge in [0.05, 0.1) is 0 Å². The number of nitrogens with zero attached hydrogens (tertiary/aromatic N) is 1. The molecule has 0 aliphatic rings. The van der Waals surface area contributed by atoms with Crippen molar-refractivity contribution in [3.8, 4) is 0 Å². The molecule has 1 aromatic rings. The molecule has 0 aliphatic carbocycles. The van der Waals surface area contributed by atoms with Gasteiger partial charge in [-0.2, -0.15) is 11.8 Å². The van der Waals surface area contributed by atoms with Crippen LogP contribution in [-0.4, -0.2) is 32.1 Å². The van der Waals surface area contributed by atoms with Crippen molar-refractivity contribution in [3.63, 3.8) is 0 Å². The first-order valence-electron chi connectivity index (χ1n) is 5.75. The van der Waals surface area contributed by atoms with Crippen LogP contribution in [0.1, 0.15) is 12.5 Å². The Kier molecular flexibility index (Phi) is 5.78. The molecule has 1 N–H and O–H groups in total. The summed E-state index contributed by atoms with van der Waals surface area (Å²) in [5.74, 6) is 0.886. The average molecular weight is 256 g/mol.